The molecule has 0 amide bonds. The van der Waals surface area contributed by atoms with E-state index in [-0.39, 0.29) is 0 Å². The lowest BCUT2D eigenvalue weighted by molar-refractivity contribution is 0.813. The van der Waals surface area contributed by atoms with E-state index in [1.165, 1.54) is 4.90 Å². The number of aromatic nitrogens is 1. The highest BCUT2D eigenvalue weighted by atomic mass is 32.2. The van der Waals surface area contributed by atoms with Crippen LogP contribution in [-0.4, -0.2) is 29.8 Å². The number of nitrogens with one attached hydrogen (secondary N) is 2. The SMILES string of the molecule is CCNC(=NCc1nc(C(C)C)cs1)NCCSc1ccccc1. The Bertz CT molecular complexity index is 623. The van der Waals surface area contributed by atoms with E-state index in [0.717, 1.165) is 35.5 Å². The van der Waals surface area contributed by atoms with Gasteiger partial charge in [0.05, 0.1) is 12.2 Å². The van der Waals surface area contributed by atoms with Crippen molar-refractivity contribution in [1.82, 2.24) is 15.6 Å². The van der Waals surface area contributed by atoms with Crippen LogP contribution < -0.4 is 10.6 Å². The molecular weight excluding hydrogens is 336 g/mol. The van der Waals surface area contributed by atoms with E-state index in [4.69, 9.17) is 0 Å². The Morgan fingerprint density at radius 1 is 1.25 bits per heavy atom. The van der Waals surface area contributed by atoms with Crippen molar-refractivity contribution >= 4 is 29.1 Å². The molecule has 0 spiro atoms. The second kappa shape index (κ2) is 10.4. The van der Waals surface area contributed by atoms with E-state index in [1.54, 1.807) is 11.3 Å². The van der Waals surface area contributed by atoms with Crippen molar-refractivity contribution in [3.63, 3.8) is 0 Å². The van der Waals surface area contributed by atoms with Crippen molar-refractivity contribution in [3.8, 4) is 0 Å². The van der Waals surface area contributed by atoms with Crippen LogP contribution in [0, 0.1) is 0 Å². The average Bonchev–Trinajstić information content (AvgIpc) is 3.06. The average molecular weight is 363 g/mol. The van der Waals surface area contributed by atoms with Gasteiger partial charge in [0.1, 0.15) is 5.01 Å². The first-order valence-electron chi connectivity index (χ1n) is 8.33. The van der Waals surface area contributed by atoms with E-state index < -0.39 is 0 Å². The Morgan fingerprint density at radius 3 is 2.71 bits per heavy atom. The summed E-state index contributed by atoms with van der Waals surface area (Å²) < 4.78 is 0. The molecule has 0 aliphatic rings. The molecule has 0 aliphatic heterocycles. The fourth-order valence-electron chi connectivity index (χ4n) is 2.01. The second-order valence-electron chi connectivity index (χ2n) is 5.60. The third kappa shape index (κ3) is 6.53. The van der Waals surface area contributed by atoms with Crippen LogP contribution in [0.5, 0.6) is 0 Å². The van der Waals surface area contributed by atoms with Crippen LogP contribution in [0.1, 0.15) is 37.4 Å². The van der Waals surface area contributed by atoms with Crippen LogP contribution in [0.4, 0.5) is 0 Å². The highest BCUT2D eigenvalue weighted by Crippen LogP contribution is 2.18. The number of guanidine groups is 1. The van der Waals surface area contributed by atoms with Gasteiger partial charge in [0, 0.05) is 29.1 Å². The van der Waals surface area contributed by atoms with Gasteiger partial charge in [-0.25, -0.2) is 9.98 Å². The van der Waals surface area contributed by atoms with Crippen molar-refractivity contribution in [2.24, 2.45) is 4.99 Å². The monoisotopic (exact) mass is 362 g/mol. The molecule has 0 saturated heterocycles. The van der Waals surface area contributed by atoms with Gasteiger partial charge in [-0.2, -0.15) is 0 Å². The summed E-state index contributed by atoms with van der Waals surface area (Å²) in [6.45, 7) is 8.76. The lowest BCUT2D eigenvalue weighted by Gasteiger charge is -2.10. The minimum Gasteiger partial charge on any atom is -0.357 e. The van der Waals surface area contributed by atoms with E-state index in [9.17, 15) is 0 Å². The second-order valence-corrected chi connectivity index (χ2v) is 7.72. The molecule has 0 radical (unpaired) electrons. The summed E-state index contributed by atoms with van der Waals surface area (Å²) in [5.74, 6) is 2.33. The highest BCUT2D eigenvalue weighted by Gasteiger charge is 2.05. The quantitative estimate of drug-likeness (QED) is 0.321. The minimum absolute atomic E-state index is 0.473. The molecule has 130 valence electrons. The minimum atomic E-state index is 0.473. The zero-order chi connectivity index (χ0) is 17.2. The summed E-state index contributed by atoms with van der Waals surface area (Å²) >= 11 is 3.53. The van der Waals surface area contributed by atoms with Gasteiger partial charge in [-0.3, -0.25) is 0 Å². The Morgan fingerprint density at radius 2 is 2.04 bits per heavy atom. The zero-order valence-electron chi connectivity index (χ0n) is 14.6. The molecule has 0 unspecified atom stereocenters. The first-order chi connectivity index (χ1) is 11.7. The molecular formula is C18H26N4S2. The molecule has 2 rings (SSSR count). The first-order valence-corrected chi connectivity index (χ1v) is 10.2. The number of hydrogen-bond acceptors (Lipinski definition) is 4. The van der Waals surface area contributed by atoms with Gasteiger partial charge < -0.3 is 10.6 Å². The number of aliphatic imine (C=N–C) groups is 1. The topological polar surface area (TPSA) is 49.3 Å². The molecule has 24 heavy (non-hydrogen) atoms. The summed E-state index contributed by atoms with van der Waals surface area (Å²) in [5.41, 5.74) is 1.16. The van der Waals surface area contributed by atoms with Crippen LogP contribution in [0.15, 0.2) is 45.6 Å². The molecule has 1 aromatic carbocycles. The normalized spacial score (nSPS) is 11.8. The number of benzene rings is 1. The van der Waals surface area contributed by atoms with E-state index in [1.807, 2.05) is 17.8 Å². The van der Waals surface area contributed by atoms with Crippen LogP contribution in [0.25, 0.3) is 0 Å². The lowest BCUT2D eigenvalue weighted by atomic mass is 10.2. The summed E-state index contributed by atoms with van der Waals surface area (Å²) in [5, 5.41) is 9.87. The lowest BCUT2D eigenvalue weighted by Crippen LogP contribution is -2.38. The highest BCUT2D eigenvalue weighted by molar-refractivity contribution is 7.99. The predicted molar refractivity (Wildman–Crippen MR) is 106 cm³/mol. The van der Waals surface area contributed by atoms with Crippen LogP contribution in [0.2, 0.25) is 0 Å². The molecule has 0 saturated carbocycles. The molecule has 0 aliphatic carbocycles. The molecule has 4 nitrogen and oxygen atoms in total. The fraction of sp³-hybridized carbons (Fsp3) is 0.444. The molecule has 0 atom stereocenters. The van der Waals surface area contributed by atoms with Crippen molar-refractivity contribution in [1.29, 1.82) is 0 Å². The third-order valence-corrected chi connectivity index (χ3v) is 5.15. The molecule has 1 heterocycles. The maximum Gasteiger partial charge on any atom is 0.191 e. The van der Waals surface area contributed by atoms with Gasteiger partial charge in [0.2, 0.25) is 0 Å². The molecule has 2 aromatic rings. The zero-order valence-corrected chi connectivity index (χ0v) is 16.2. The summed E-state index contributed by atoms with van der Waals surface area (Å²) in [7, 11) is 0. The Balaban J connectivity index is 1.79. The smallest absolute Gasteiger partial charge is 0.191 e. The van der Waals surface area contributed by atoms with Crippen LogP contribution in [0.3, 0.4) is 0 Å². The third-order valence-electron chi connectivity index (χ3n) is 3.28. The standard InChI is InChI=1S/C18H26N4S2/c1-4-19-18(20-10-11-23-15-8-6-5-7-9-15)21-12-17-22-16(13-24-17)14(2)3/h5-9,13-14H,4,10-12H2,1-3H3,(H2,19,20,21). The summed E-state index contributed by atoms with van der Waals surface area (Å²) in [6, 6.07) is 10.5. The van der Waals surface area contributed by atoms with Crippen molar-refractivity contribution < 1.29 is 0 Å². The number of thioether (sulfide) groups is 1. The molecule has 0 bridgehead atoms. The molecule has 2 N–H and O–H groups in total. The Kier molecular flexibility index (Phi) is 8.12. The van der Waals surface area contributed by atoms with Crippen molar-refractivity contribution in [3.05, 3.63) is 46.4 Å². The molecule has 0 fully saturated rings. The van der Waals surface area contributed by atoms with Gasteiger partial charge in [-0.05, 0) is 25.0 Å². The Labute approximate surface area is 153 Å². The summed E-state index contributed by atoms with van der Waals surface area (Å²) in [4.78, 5) is 10.6. The number of nitrogens with zero attached hydrogens (tertiary/aromatic N) is 2. The van der Waals surface area contributed by atoms with E-state index in [0.29, 0.717) is 12.5 Å². The number of rotatable bonds is 8. The van der Waals surface area contributed by atoms with Crippen molar-refractivity contribution in [2.75, 3.05) is 18.8 Å². The van der Waals surface area contributed by atoms with Crippen LogP contribution >= 0.6 is 23.1 Å². The van der Waals surface area contributed by atoms with Gasteiger partial charge in [0.25, 0.3) is 0 Å². The first kappa shape index (κ1) is 18.8. The maximum absolute atomic E-state index is 4.63. The maximum atomic E-state index is 4.63. The van der Waals surface area contributed by atoms with Gasteiger partial charge in [-0.1, -0.05) is 32.0 Å². The summed E-state index contributed by atoms with van der Waals surface area (Å²) in [6.07, 6.45) is 0. The number of thiazole rings is 1. The van der Waals surface area contributed by atoms with E-state index >= 15 is 0 Å². The van der Waals surface area contributed by atoms with Gasteiger partial charge in [0.15, 0.2) is 5.96 Å². The van der Waals surface area contributed by atoms with E-state index in [2.05, 4.69) is 71.0 Å². The van der Waals surface area contributed by atoms with Gasteiger partial charge >= 0.3 is 0 Å². The fourth-order valence-corrected chi connectivity index (χ4v) is 3.67. The Hall–Kier alpha value is -1.53. The molecule has 1 aromatic heterocycles. The number of hydrogen-bond donors (Lipinski definition) is 2. The predicted octanol–water partition coefficient (Wildman–Crippen LogP) is 4.11. The van der Waals surface area contributed by atoms with Crippen LogP contribution in [-0.2, 0) is 6.54 Å². The largest absolute Gasteiger partial charge is 0.357 e. The van der Waals surface area contributed by atoms with Crippen molar-refractivity contribution in [2.45, 2.75) is 38.1 Å². The molecule has 6 heteroatoms. The van der Waals surface area contributed by atoms with Gasteiger partial charge in [-0.15, -0.1) is 23.1 Å².